The van der Waals surface area contributed by atoms with Crippen LogP contribution >= 0.6 is 0 Å². The second-order valence-electron chi connectivity index (χ2n) is 8.49. The zero-order chi connectivity index (χ0) is 19.9. The van der Waals surface area contributed by atoms with Crippen molar-refractivity contribution in [2.45, 2.75) is 84.0 Å². The molecule has 1 N–H and O–H groups in total. The summed E-state index contributed by atoms with van der Waals surface area (Å²) in [5, 5.41) is 8.66. The highest BCUT2D eigenvalue weighted by Gasteiger charge is 2.28. The summed E-state index contributed by atoms with van der Waals surface area (Å²) in [6.07, 6.45) is 11.0. The Hall–Kier alpha value is -2.09. The van der Waals surface area contributed by atoms with E-state index in [4.69, 9.17) is 5.11 Å². The van der Waals surface area contributed by atoms with Crippen LogP contribution in [0.25, 0.3) is 11.1 Å². The fourth-order valence-corrected chi connectivity index (χ4v) is 4.60. The summed E-state index contributed by atoms with van der Waals surface area (Å²) < 4.78 is 0. The average Bonchev–Trinajstić information content (AvgIpc) is 2.95. The highest BCUT2D eigenvalue weighted by molar-refractivity contribution is 5.79. The lowest BCUT2D eigenvalue weighted by molar-refractivity contribution is -0.137. The van der Waals surface area contributed by atoms with Crippen molar-refractivity contribution in [1.82, 2.24) is 0 Å². The second-order valence-corrected chi connectivity index (χ2v) is 8.49. The molecule has 0 saturated carbocycles. The molecule has 0 unspecified atom stereocenters. The zero-order valence-corrected chi connectivity index (χ0v) is 17.5. The molecule has 28 heavy (non-hydrogen) atoms. The Kier molecular flexibility index (Phi) is 7.30. The minimum atomic E-state index is -0.666. The number of aliphatic carboxylic acids is 1. The van der Waals surface area contributed by atoms with Gasteiger partial charge in [-0.15, -0.1) is 0 Å². The van der Waals surface area contributed by atoms with Crippen molar-refractivity contribution in [3.8, 4) is 11.1 Å². The van der Waals surface area contributed by atoms with Gasteiger partial charge in [-0.1, -0.05) is 92.5 Å². The predicted octanol–water partition coefficient (Wildman–Crippen LogP) is 7.40. The maximum Gasteiger partial charge on any atom is 0.303 e. The van der Waals surface area contributed by atoms with Gasteiger partial charge in [0, 0.05) is 12.3 Å². The summed E-state index contributed by atoms with van der Waals surface area (Å²) in [4.78, 5) is 10.5. The predicted molar refractivity (Wildman–Crippen MR) is 117 cm³/mol. The minimum absolute atomic E-state index is 0.323. The van der Waals surface area contributed by atoms with E-state index in [1.54, 1.807) is 0 Å². The Morgan fingerprint density at radius 1 is 0.750 bits per heavy atom. The Labute approximate surface area is 170 Å². The molecule has 1 aliphatic carbocycles. The number of carboxylic acids is 1. The molecule has 2 heteroatoms. The molecule has 3 rings (SSSR count). The molecule has 1 aliphatic rings. The molecule has 0 radical (unpaired) electrons. The maximum absolute atomic E-state index is 10.5. The van der Waals surface area contributed by atoms with E-state index in [9.17, 15) is 4.79 Å². The first kappa shape index (κ1) is 20.6. The molecule has 2 nitrogen and oxygen atoms in total. The molecular weight excluding hydrogens is 344 g/mol. The summed E-state index contributed by atoms with van der Waals surface area (Å²) in [5.41, 5.74) is 8.64. The first-order valence-electron chi connectivity index (χ1n) is 11.0. The van der Waals surface area contributed by atoms with Crippen LogP contribution in [-0.2, 0) is 4.79 Å². The fourth-order valence-electron chi connectivity index (χ4n) is 4.60. The summed E-state index contributed by atoms with van der Waals surface area (Å²) in [5.74, 6) is -0.110. The van der Waals surface area contributed by atoms with Crippen LogP contribution in [-0.4, -0.2) is 11.1 Å². The van der Waals surface area contributed by atoms with Crippen LogP contribution in [0.5, 0.6) is 0 Å². The van der Waals surface area contributed by atoms with E-state index >= 15 is 0 Å². The topological polar surface area (TPSA) is 37.3 Å². The normalized spacial score (nSPS) is 12.8. The van der Waals surface area contributed by atoms with Crippen LogP contribution < -0.4 is 0 Å². The smallest absolute Gasteiger partial charge is 0.303 e. The molecule has 2 aromatic carbocycles. The fraction of sp³-hybridized carbons (Fsp3) is 0.500. The van der Waals surface area contributed by atoms with Crippen LogP contribution in [0, 0.1) is 13.8 Å². The van der Waals surface area contributed by atoms with Gasteiger partial charge in [0.25, 0.3) is 0 Å². The number of carbonyl (C=O) groups is 1. The van der Waals surface area contributed by atoms with Gasteiger partial charge in [0.15, 0.2) is 0 Å². The van der Waals surface area contributed by atoms with Crippen molar-refractivity contribution in [1.29, 1.82) is 0 Å². The van der Waals surface area contributed by atoms with E-state index in [0.717, 1.165) is 12.8 Å². The number of benzene rings is 2. The van der Waals surface area contributed by atoms with Gasteiger partial charge in [0.05, 0.1) is 0 Å². The molecule has 0 aromatic heterocycles. The van der Waals surface area contributed by atoms with Gasteiger partial charge < -0.3 is 5.11 Å². The van der Waals surface area contributed by atoms with E-state index in [1.165, 1.54) is 78.3 Å². The van der Waals surface area contributed by atoms with Crippen molar-refractivity contribution < 1.29 is 9.90 Å². The van der Waals surface area contributed by atoms with E-state index in [-0.39, 0.29) is 0 Å². The van der Waals surface area contributed by atoms with Gasteiger partial charge in [-0.3, -0.25) is 4.79 Å². The molecule has 0 atom stereocenters. The third-order valence-corrected chi connectivity index (χ3v) is 6.09. The SMILES string of the molecule is Cc1ccc2c(c1)C(CCCCCCCCCCC(=O)O)c1cc(C)ccc1-2. The molecule has 0 heterocycles. The number of rotatable bonds is 11. The van der Waals surface area contributed by atoms with Crippen molar-refractivity contribution in [2.75, 3.05) is 0 Å². The van der Waals surface area contributed by atoms with E-state index < -0.39 is 5.97 Å². The molecule has 0 saturated heterocycles. The Morgan fingerprint density at radius 2 is 1.21 bits per heavy atom. The molecular formula is C26H34O2. The number of hydrogen-bond donors (Lipinski definition) is 1. The second kappa shape index (κ2) is 9.91. The number of aryl methyl sites for hydroxylation is 2. The Bertz CT molecular complexity index is 755. The van der Waals surface area contributed by atoms with Gasteiger partial charge >= 0.3 is 5.97 Å². The minimum Gasteiger partial charge on any atom is -0.481 e. The maximum atomic E-state index is 10.5. The number of fused-ring (bicyclic) bond motifs is 3. The summed E-state index contributed by atoms with van der Waals surface area (Å²) in [7, 11) is 0. The lowest BCUT2D eigenvalue weighted by Gasteiger charge is -2.14. The van der Waals surface area contributed by atoms with E-state index in [0.29, 0.717) is 12.3 Å². The van der Waals surface area contributed by atoms with Crippen molar-refractivity contribution in [3.63, 3.8) is 0 Å². The molecule has 0 spiro atoms. The summed E-state index contributed by atoms with van der Waals surface area (Å²) in [6, 6.07) is 13.9. The lowest BCUT2D eigenvalue weighted by Crippen LogP contribution is -1.98. The standard InChI is InChI=1S/C26H34O2/c1-19-13-15-22-23-16-14-20(2)18-25(23)21(24(22)17-19)11-9-7-5-3-4-6-8-10-12-26(27)28/h13-18,21H,3-12H2,1-2H3,(H,27,28). The number of unbranched alkanes of at least 4 members (excludes halogenated alkanes) is 7. The van der Waals surface area contributed by atoms with Gasteiger partial charge in [-0.25, -0.2) is 0 Å². The molecule has 0 aliphatic heterocycles. The van der Waals surface area contributed by atoms with Crippen LogP contribution in [0.3, 0.4) is 0 Å². The number of carboxylic acid groups (broad SMARTS) is 1. The lowest BCUT2D eigenvalue weighted by atomic mass is 9.90. The largest absolute Gasteiger partial charge is 0.481 e. The van der Waals surface area contributed by atoms with Crippen molar-refractivity contribution >= 4 is 5.97 Å². The average molecular weight is 379 g/mol. The van der Waals surface area contributed by atoms with Crippen molar-refractivity contribution in [3.05, 3.63) is 58.7 Å². The first-order chi connectivity index (χ1) is 13.6. The number of hydrogen-bond acceptors (Lipinski definition) is 1. The first-order valence-corrected chi connectivity index (χ1v) is 11.0. The van der Waals surface area contributed by atoms with Gasteiger partial charge in [0.2, 0.25) is 0 Å². The van der Waals surface area contributed by atoms with E-state index in [2.05, 4.69) is 50.2 Å². The van der Waals surface area contributed by atoms with Crippen molar-refractivity contribution in [2.24, 2.45) is 0 Å². The highest BCUT2D eigenvalue weighted by Crippen LogP contribution is 2.47. The monoisotopic (exact) mass is 378 g/mol. The molecule has 0 bridgehead atoms. The van der Waals surface area contributed by atoms with Crippen LogP contribution in [0.15, 0.2) is 36.4 Å². The molecule has 150 valence electrons. The molecule has 0 amide bonds. The zero-order valence-electron chi connectivity index (χ0n) is 17.5. The van der Waals surface area contributed by atoms with Crippen LogP contribution in [0.2, 0.25) is 0 Å². The molecule has 0 fully saturated rings. The molecule has 2 aromatic rings. The summed E-state index contributed by atoms with van der Waals surface area (Å²) in [6.45, 7) is 4.39. The van der Waals surface area contributed by atoms with Gasteiger partial charge in [-0.05, 0) is 48.9 Å². The van der Waals surface area contributed by atoms with Gasteiger partial charge in [0.1, 0.15) is 0 Å². The third-order valence-electron chi connectivity index (χ3n) is 6.09. The highest BCUT2D eigenvalue weighted by atomic mass is 16.4. The van der Waals surface area contributed by atoms with Crippen LogP contribution in [0.4, 0.5) is 0 Å². The van der Waals surface area contributed by atoms with Gasteiger partial charge in [-0.2, -0.15) is 0 Å². The third kappa shape index (κ3) is 5.25. The summed E-state index contributed by atoms with van der Waals surface area (Å²) >= 11 is 0. The van der Waals surface area contributed by atoms with E-state index in [1.807, 2.05) is 0 Å². The Morgan fingerprint density at radius 3 is 1.71 bits per heavy atom. The van der Waals surface area contributed by atoms with Crippen LogP contribution in [0.1, 0.15) is 92.4 Å². The quantitative estimate of drug-likeness (QED) is 0.414. The Balaban J connectivity index is 1.45.